The lowest BCUT2D eigenvalue weighted by molar-refractivity contribution is 1.27. The highest BCUT2D eigenvalue weighted by atomic mass is 14.7. The molecule has 0 N–H and O–H groups in total. The van der Waals surface area contributed by atoms with Gasteiger partial charge in [-0.25, -0.2) is 0 Å². The first-order valence-electron chi connectivity index (χ1n) is 13.5. The maximum atomic E-state index is 4.53. The van der Waals surface area contributed by atoms with E-state index in [1.807, 2.05) is 18.3 Å². The molecule has 0 aliphatic heterocycles. The monoisotopic (exact) mass is 495 g/mol. The van der Waals surface area contributed by atoms with Crippen molar-refractivity contribution in [1.82, 2.24) is 4.98 Å². The second-order valence-electron chi connectivity index (χ2n) is 10.4. The second-order valence-corrected chi connectivity index (χ2v) is 10.4. The van der Waals surface area contributed by atoms with Gasteiger partial charge in [-0.3, -0.25) is 4.98 Å². The molecule has 1 aliphatic carbocycles. The van der Waals surface area contributed by atoms with Crippen molar-refractivity contribution in [1.29, 1.82) is 0 Å². The molecule has 0 amide bonds. The Morgan fingerprint density at radius 3 is 2.00 bits per heavy atom. The van der Waals surface area contributed by atoms with Crippen LogP contribution in [0.1, 0.15) is 11.1 Å². The predicted octanol–water partition coefficient (Wildman–Crippen LogP) is 9.96. The van der Waals surface area contributed by atoms with Gasteiger partial charge in [-0.05, 0) is 96.7 Å². The third-order valence-corrected chi connectivity index (χ3v) is 8.17. The zero-order valence-corrected chi connectivity index (χ0v) is 21.4. The average Bonchev–Trinajstić information content (AvgIpc) is 3.37. The fourth-order valence-corrected chi connectivity index (χ4v) is 6.28. The highest BCUT2D eigenvalue weighted by molar-refractivity contribution is 6.11. The Hall–Kier alpha value is -5.01. The number of benzene rings is 6. The maximum Gasteiger partial charge on any atom is 0.0701 e. The summed E-state index contributed by atoms with van der Waals surface area (Å²) in [5.74, 6) is 0. The van der Waals surface area contributed by atoms with Gasteiger partial charge in [0.1, 0.15) is 0 Å². The summed E-state index contributed by atoms with van der Waals surface area (Å²) in [4.78, 5) is 4.53. The van der Waals surface area contributed by atoms with Gasteiger partial charge in [-0.2, -0.15) is 0 Å². The third kappa shape index (κ3) is 3.59. The number of hydrogen-bond donors (Lipinski definition) is 0. The Morgan fingerprint density at radius 1 is 0.410 bits per heavy atom. The maximum absolute atomic E-state index is 4.53. The van der Waals surface area contributed by atoms with Crippen molar-refractivity contribution in [2.75, 3.05) is 0 Å². The van der Waals surface area contributed by atoms with Crippen LogP contribution in [0.3, 0.4) is 0 Å². The van der Waals surface area contributed by atoms with Crippen molar-refractivity contribution in [3.8, 4) is 44.6 Å². The van der Waals surface area contributed by atoms with Crippen LogP contribution in [0.2, 0.25) is 0 Å². The lowest BCUT2D eigenvalue weighted by Gasteiger charge is -2.16. The van der Waals surface area contributed by atoms with Gasteiger partial charge >= 0.3 is 0 Å². The van der Waals surface area contributed by atoms with Crippen LogP contribution in [0, 0.1) is 0 Å². The van der Waals surface area contributed by atoms with Crippen LogP contribution in [-0.2, 0) is 6.42 Å². The molecular weight excluding hydrogens is 470 g/mol. The minimum absolute atomic E-state index is 0.984. The Morgan fingerprint density at radius 2 is 1.10 bits per heavy atom. The summed E-state index contributed by atoms with van der Waals surface area (Å²) in [7, 11) is 0. The van der Waals surface area contributed by atoms with Crippen LogP contribution in [0.4, 0.5) is 0 Å². The van der Waals surface area contributed by atoms with Gasteiger partial charge in [-0.1, -0.05) is 109 Å². The van der Waals surface area contributed by atoms with Crippen LogP contribution in [0.25, 0.3) is 66.2 Å². The zero-order chi connectivity index (χ0) is 25.8. The standard InChI is InChI=1S/C38H25N/c1-3-11-30-25(8-1)10-7-13-33(30)34-20-19-32(26-15-17-27(18-16-26)38-14-5-6-21-39-38)36-23-29-22-28-9-2-4-12-31(28)35(29)24-37(34)36/h1-21,23-24H,22H2. The first-order chi connectivity index (χ1) is 19.3. The first-order valence-corrected chi connectivity index (χ1v) is 13.5. The number of fused-ring (bicyclic) bond motifs is 5. The largest absolute Gasteiger partial charge is 0.256 e. The fraction of sp³-hybridized carbons (Fsp3) is 0.0263. The summed E-state index contributed by atoms with van der Waals surface area (Å²) in [6.45, 7) is 0. The Labute approximate surface area is 228 Å². The molecule has 0 unspecified atom stereocenters. The molecule has 1 aromatic heterocycles. The summed E-state index contributed by atoms with van der Waals surface area (Å²) in [5.41, 5.74) is 12.7. The fourth-order valence-electron chi connectivity index (χ4n) is 6.28. The molecule has 0 atom stereocenters. The molecule has 1 nitrogen and oxygen atoms in total. The molecule has 0 spiro atoms. The van der Waals surface area contributed by atoms with Crippen molar-refractivity contribution >= 4 is 21.5 Å². The smallest absolute Gasteiger partial charge is 0.0701 e. The number of nitrogens with zero attached hydrogens (tertiary/aromatic N) is 1. The zero-order valence-electron chi connectivity index (χ0n) is 21.4. The number of rotatable bonds is 3. The molecule has 7 aromatic rings. The topological polar surface area (TPSA) is 12.9 Å². The highest BCUT2D eigenvalue weighted by Crippen LogP contribution is 2.44. The van der Waals surface area contributed by atoms with Crippen LogP contribution in [0.5, 0.6) is 0 Å². The second kappa shape index (κ2) is 8.79. The minimum atomic E-state index is 0.984. The van der Waals surface area contributed by atoms with E-state index in [0.717, 1.165) is 17.7 Å². The molecule has 1 aliphatic rings. The third-order valence-electron chi connectivity index (χ3n) is 8.17. The van der Waals surface area contributed by atoms with Crippen molar-refractivity contribution in [3.05, 3.63) is 151 Å². The lowest BCUT2D eigenvalue weighted by atomic mass is 9.87. The lowest BCUT2D eigenvalue weighted by Crippen LogP contribution is -1.90. The van der Waals surface area contributed by atoms with Gasteiger partial charge in [0.15, 0.2) is 0 Å². The Balaban J connectivity index is 1.37. The number of hydrogen-bond acceptors (Lipinski definition) is 1. The highest BCUT2D eigenvalue weighted by Gasteiger charge is 2.21. The van der Waals surface area contributed by atoms with Crippen molar-refractivity contribution < 1.29 is 0 Å². The van der Waals surface area contributed by atoms with Gasteiger partial charge in [0.2, 0.25) is 0 Å². The summed E-state index contributed by atoms with van der Waals surface area (Å²) in [6, 6.07) is 48.6. The average molecular weight is 496 g/mol. The van der Waals surface area contributed by atoms with Gasteiger partial charge in [-0.15, -0.1) is 0 Å². The van der Waals surface area contributed by atoms with E-state index in [9.17, 15) is 0 Å². The molecule has 6 aromatic carbocycles. The first kappa shape index (κ1) is 22.0. The summed E-state index contributed by atoms with van der Waals surface area (Å²) in [6.07, 6.45) is 2.83. The van der Waals surface area contributed by atoms with E-state index in [0.29, 0.717) is 0 Å². The van der Waals surface area contributed by atoms with E-state index in [1.165, 1.54) is 66.1 Å². The van der Waals surface area contributed by atoms with E-state index < -0.39 is 0 Å². The normalized spacial score (nSPS) is 12.0. The number of aromatic nitrogens is 1. The molecule has 39 heavy (non-hydrogen) atoms. The number of pyridine rings is 1. The summed E-state index contributed by atoms with van der Waals surface area (Å²) >= 11 is 0. The van der Waals surface area contributed by atoms with E-state index in [2.05, 4.69) is 126 Å². The molecule has 8 rings (SSSR count). The molecule has 0 saturated heterocycles. The van der Waals surface area contributed by atoms with Gasteiger partial charge in [0, 0.05) is 11.8 Å². The molecule has 0 fully saturated rings. The Kier molecular flexibility index (Phi) is 4.96. The van der Waals surface area contributed by atoms with Crippen LogP contribution in [-0.4, -0.2) is 4.98 Å². The van der Waals surface area contributed by atoms with Gasteiger partial charge in [0.05, 0.1) is 5.69 Å². The van der Waals surface area contributed by atoms with E-state index in [-0.39, 0.29) is 0 Å². The summed E-state index contributed by atoms with van der Waals surface area (Å²) in [5, 5.41) is 5.16. The molecule has 0 radical (unpaired) electrons. The van der Waals surface area contributed by atoms with Gasteiger partial charge in [0.25, 0.3) is 0 Å². The van der Waals surface area contributed by atoms with Crippen LogP contribution >= 0.6 is 0 Å². The van der Waals surface area contributed by atoms with E-state index in [4.69, 9.17) is 0 Å². The van der Waals surface area contributed by atoms with E-state index >= 15 is 0 Å². The SMILES string of the molecule is c1ccc(-c2ccc(-c3ccc(-c4cccc5ccccc45)c4cc5c(cc34)Cc3ccccc3-5)cc2)nc1. The van der Waals surface area contributed by atoms with Crippen LogP contribution in [0.15, 0.2) is 140 Å². The van der Waals surface area contributed by atoms with Crippen molar-refractivity contribution in [3.63, 3.8) is 0 Å². The summed E-state index contributed by atoms with van der Waals surface area (Å²) < 4.78 is 0. The molecule has 1 heterocycles. The molecule has 182 valence electrons. The molecule has 0 saturated carbocycles. The van der Waals surface area contributed by atoms with Crippen LogP contribution < -0.4 is 0 Å². The van der Waals surface area contributed by atoms with Crippen molar-refractivity contribution in [2.45, 2.75) is 6.42 Å². The molecular formula is C38H25N. The minimum Gasteiger partial charge on any atom is -0.256 e. The molecule has 1 heteroatoms. The predicted molar refractivity (Wildman–Crippen MR) is 164 cm³/mol. The molecule has 0 bridgehead atoms. The van der Waals surface area contributed by atoms with E-state index in [1.54, 1.807) is 0 Å². The Bertz CT molecular complexity index is 2010. The quantitative estimate of drug-likeness (QED) is 0.238. The van der Waals surface area contributed by atoms with Crippen molar-refractivity contribution in [2.24, 2.45) is 0 Å². The van der Waals surface area contributed by atoms with Gasteiger partial charge < -0.3 is 0 Å².